The van der Waals surface area contributed by atoms with Crippen molar-refractivity contribution in [1.29, 1.82) is 5.41 Å². The van der Waals surface area contributed by atoms with E-state index in [9.17, 15) is 14.4 Å². The highest BCUT2D eigenvalue weighted by Crippen LogP contribution is 2.22. The van der Waals surface area contributed by atoms with Gasteiger partial charge in [-0.15, -0.1) is 0 Å². The number of hydrogen-bond acceptors (Lipinski definition) is 9. The number of carbonyl (C=O) groups excluding carboxylic acids is 3. The van der Waals surface area contributed by atoms with Crippen molar-refractivity contribution in [2.45, 2.75) is 32.7 Å². The number of ether oxygens (including phenoxy) is 3. The summed E-state index contributed by atoms with van der Waals surface area (Å²) in [5.74, 6) is 0.128. The van der Waals surface area contributed by atoms with Crippen molar-refractivity contribution in [3.8, 4) is 17.1 Å². The van der Waals surface area contributed by atoms with Crippen molar-refractivity contribution < 1.29 is 28.6 Å². The van der Waals surface area contributed by atoms with Gasteiger partial charge >= 0.3 is 12.1 Å². The van der Waals surface area contributed by atoms with Gasteiger partial charge in [-0.1, -0.05) is 13.8 Å². The molecular weight excluding hydrogens is 454 g/mol. The van der Waals surface area contributed by atoms with Crippen molar-refractivity contribution in [1.82, 2.24) is 20.6 Å². The number of nitrogens with one attached hydrogen (secondary N) is 3. The summed E-state index contributed by atoms with van der Waals surface area (Å²) < 4.78 is 15.4. The van der Waals surface area contributed by atoms with Gasteiger partial charge in [0, 0.05) is 18.0 Å². The van der Waals surface area contributed by atoms with Gasteiger partial charge in [-0.05, 0) is 36.6 Å². The zero-order chi connectivity index (χ0) is 25.4. The predicted molar refractivity (Wildman–Crippen MR) is 126 cm³/mol. The fourth-order valence-corrected chi connectivity index (χ4v) is 3.35. The Morgan fingerprint density at radius 2 is 1.89 bits per heavy atom. The standard InChI is InChI=1S/C24H29N5O6/c1-14(2)12-35-24(32)29-21(25)17-10-26-22(27-11-17)15-4-6-19(7-5-15)34-13-18-8-16(23(31)28-18)9-20(30)33-3/h4-7,10-11,14,16,18H,8-9,12-13H2,1-3H3,(H,28,31)(H2,25,29,32)/t16-,18-/m0/s1. The number of esters is 1. The Morgan fingerprint density at radius 1 is 1.20 bits per heavy atom. The zero-order valence-electron chi connectivity index (χ0n) is 19.9. The van der Waals surface area contributed by atoms with E-state index in [1.54, 1.807) is 24.3 Å². The summed E-state index contributed by atoms with van der Waals surface area (Å²) in [6.07, 6.45) is 2.77. The van der Waals surface area contributed by atoms with E-state index in [1.807, 2.05) is 13.8 Å². The molecule has 0 unspecified atom stereocenters. The Morgan fingerprint density at radius 3 is 2.51 bits per heavy atom. The number of nitrogens with zero attached hydrogens (tertiary/aromatic N) is 2. The molecule has 2 aromatic rings. The molecular formula is C24H29N5O6. The number of hydrogen-bond donors (Lipinski definition) is 3. The number of rotatable bonds is 9. The van der Waals surface area contributed by atoms with Crippen LogP contribution in [0.4, 0.5) is 4.79 Å². The monoisotopic (exact) mass is 483 g/mol. The van der Waals surface area contributed by atoms with Crippen LogP contribution < -0.4 is 15.4 Å². The Balaban J connectivity index is 1.50. The molecule has 0 aliphatic carbocycles. The molecule has 1 aromatic heterocycles. The van der Waals surface area contributed by atoms with Crippen LogP contribution in [0, 0.1) is 17.2 Å². The van der Waals surface area contributed by atoms with E-state index in [0.717, 1.165) is 5.56 Å². The number of benzene rings is 1. The van der Waals surface area contributed by atoms with Crippen molar-refractivity contribution in [3.63, 3.8) is 0 Å². The van der Waals surface area contributed by atoms with Crippen LogP contribution in [0.25, 0.3) is 11.4 Å². The van der Waals surface area contributed by atoms with Crippen LogP contribution in [0.5, 0.6) is 5.75 Å². The van der Waals surface area contributed by atoms with E-state index in [4.69, 9.17) is 14.9 Å². The summed E-state index contributed by atoms with van der Waals surface area (Å²) in [5, 5.41) is 13.2. The molecule has 1 aliphatic heterocycles. The summed E-state index contributed by atoms with van der Waals surface area (Å²) in [6.45, 7) is 4.38. The van der Waals surface area contributed by atoms with Crippen molar-refractivity contribution in [2.24, 2.45) is 11.8 Å². The van der Waals surface area contributed by atoms with Crippen LogP contribution in [-0.2, 0) is 19.1 Å². The Hall–Kier alpha value is -4.02. The van der Waals surface area contributed by atoms with Crippen LogP contribution >= 0.6 is 0 Å². The molecule has 35 heavy (non-hydrogen) atoms. The van der Waals surface area contributed by atoms with Gasteiger partial charge in [-0.3, -0.25) is 20.3 Å². The largest absolute Gasteiger partial charge is 0.491 e. The summed E-state index contributed by atoms with van der Waals surface area (Å²) in [4.78, 5) is 43.6. The maximum Gasteiger partial charge on any atom is 0.412 e. The number of carbonyl (C=O) groups is 3. The third-order valence-corrected chi connectivity index (χ3v) is 5.21. The summed E-state index contributed by atoms with van der Waals surface area (Å²) in [7, 11) is 1.30. The summed E-state index contributed by atoms with van der Waals surface area (Å²) in [6, 6.07) is 6.95. The van der Waals surface area contributed by atoms with Gasteiger partial charge in [0.15, 0.2) is 5.82 Å². The molecule has 0 saturated carbocycles. The first-order chi connectivity index (χ1) is 16.7. The average Bonchev–Trinajstić information content (AvgIpc) is 3.20. The first kappa shape index (κ1) is 25.6. The topological polar surface area (TPSA) is 153 Å². The van der Waals surface area contributed by atoms with Gasteiger partial charge in [0.1, 0.15) is 18.2 Å². The normalized spacial score (nSPS) is 17.0. The minimum atomic E-state index is -0.695. The highest BCUT2D eigenvalue weighted by Gasteiger charge is 2.34. The lowest BCUT2D eigenvalue weighted by molar-refractivity contribution is -0.143. The second kappa shape index (κ2) is 11.9. The maximum atomic E-state index is 12.0. The number of aromatic nitrogens is 2. The van der Waals surface area contributed by atoms with Crippen LogP contribution in [0.1, 0.15) is 32.3 Å². The third-order valence-electron chi connectivity index (χ3n) is 5.21. The second-order valence-corrected chi connectivity index (χ2v) is 8.54. The molecule has 2 heterocycles. The Labute approximate surface area is 203 Å². The number of amidine groups is 1. The SMILES string of the molecule is COC(=O)C[C@@H]1C[C@@H](COc2ccc(-c3ncc(C(=N)NC(=O)OCC(C)C)cn3)cc2)NC1=O. The second-order valence-electron chi connectivity index (χ2n) is 8.54. The number of amides is 2. The molecule has 1 fully saturated rings. The maximum absolute atomic E-state index is 12.0. The highest BCUT2D eigenvalue weighted by molar-refractivity contribution is 6.04. The molecule has 2 amide bonds. The predicted octanol–water partition coefficient (Wildman–Crippen LogP) is 2.30. The van der Waals surface area contributed by atoms with E-state index in [2.05, 4.69) is 25.3 Å². The van der Waals surface area contributed by atoms with Gasteiger partial charge in [-0.2, -0.15) is 0 Å². The lowest BCUT2D eigenvalue weighted by Crippen LogP contribution is -2.32. The minimum absolute atomic E-state index is 0.0596. The summed E-state index contributed by atoms with van der Waals surface area (Å²) in [5.41, 5.74) is 1.09. The number of methoxy groups -OCH3 is 1. The zero-order valence-corrected chi connectivity index (χ0v) is 19.9. The Kier molecular flexibility index (Phi) is 8.71. The quantitative estimate of drug-likeness (QED) is 0.279. The molecule has 11 nitrogen and oxygen atoms in total. The van der Waals surface area contributed by atoms with Gasteiger partial charge in [0.2, 0.25) is 5.91 Å². The van der Waals surface area contributed by atoms with Crippen LogP contribution in [0.3, 0.4) is 0 Å². The number of alkyl carbamates (subject to hydrolysis) is 1. The molecule has 2 atom stereocenters. The lowest BCUT2D eigenvalue weighted by atomic mass is 10.0. The molecule has 3 rings (SSSR count). The van der Waals surface area contributed by atoms with Crippen LogP contribution in [0.15, 0.2) is 36.7 Å². The molecule has 0 bridgehead atoms. The fraction of sp³-hybridized carbons (Fsp3) is 0.417. The smallest absolute Gasteiger partial charge is 0.412 e. The van der Waals surface area contributed by atoms with Crippen LogP contribution in [0.2, 0.25) is 0 Å². The van der Waals surface area contributed by atoms with E-state index in [0.29, 0.717) is 23.6 Å². The van der Waals surface area contributed by atoms with Crippen molar-refractivity contribution in [3.05, 3.63) is 42.2 Å². The van der Waals surface area contributed by atoms with Gasteiger partial charge in [-0.25, -0.2) is 14.8 Å². The van der Waals surface area contributed by atoms with Gasteiger partial charge in [0.25, 0.3) is 0 Å². The first-order valence-electron chi connectivity index (χ1n) is 11.2. The molecule has 3 N–H and O–H groups in total. The first-order valence-corrected chi connectivity index (χ1v) is 11.2. The van der Waals surface area contributed by atoms with E-state index in [-0.39, 0.29) is 43.3 Å². The average molecular weight is 484 g/mol. The molecule has 1 saturated heterocycles. The van der Waals surface area contributed by atoms with Gasteiger partial charge in [0.05, 0.1) is 37.7 Å². The Bertz CT molecular complexity index is 1060. The van der Waals surface area contributed by atoms with Crippen molar-refractivity contribution >= 4 is 23.8 Å². The fourth-order valence-electron chi connectivity index (χ4n) is 3.35. The van der Waals surface area contributed by atoms with E-state index in [1.165, 1.54) is 19.5 Å². The molecule has 11 heteroatoms. The molecule has 186 valence electrons. The molecule has 0 spiro atoms. The van der Waals surface area contributed by atoms with Crippen molar-refractivity contribution in [2.75, 3.05) is 20.3 Å². The van der Waals surface area contributed by atoms with E-state index >= 15 is 0 Å². The van der Waals surface area contributed by atoms with Gasteiger partial charge < -0.3 is 19.5 Å². The lowest BCUT2D eigenvalue weighted by Gasteiger charge is -2.12. The van der Waals surface area contributed by atoms with E-state index < -0.39 is 18.0 Å². The highest BCUT2D eigenvalue weighted by atomic mass is 16.5. The molecule has 1 aromatic carbocycles. The van der Waals surface area contributed by atoms with Crippen LogP contribution in [-0.4, -0.2) is 60.1 Å². The molecule has 1 aliphatic rings. The minimum Gasteiger partial charge on any atom is -0.491 e. The molecule has 0 radical (unpaired) electrons. The third kappa shape index (κ3) is 7.49. The summed E-state index contributed by atoms with van der Waals surface area (Å²) >= 11 is 0.